The SMILES string of the molecule is CCC(CC)(CN)C(=O)NC1CC(C)N(c2ccccc2)C1=O. The lowest BCUT2D eigenvalue weighted by Crippen LogP contribution is -2.51. The molecule has 1 aromatic rings. The molecule has 0 saturated carbocycles. The summed E-state index contributed by atoms with van der Waals surface area (Å²) in [5.74, 6) is -0.152. The molecule has 0 spiro atoms. The van der Waals surface area contributed by atoms with E-state index in [9.17, 15) is 9.59 Å². The fourth-order valence-corrected chi connectivity index (χ4v) is 3.29. The number of rotatable bonds is 6. The molecule has 23 heavy (non-hydrogen) atoms. The monoisotopic (exact) mass is 317 g/mol. The van der Waals surface area contributed by atoms with Gasteiger partial charge in [-0.3, -0.25) is 9.59 Å². The number of hydrogen-bond acceptors (Lipinski definition) is 3. The molecule has 2 atom stereocenters. The van der Waals surface area contributed by atoms with Crippen molar-refractivity contribution in [2.24, 2.45) is 11.1 Å². The number of nitrogens with one attached hydrogen (secondary N) is 1. The van der Waals surface area contributed by atoms with Crippen molar-refractivity contribution in [1.29, 1.82) is 0 Å². The second-order valence-electron chi connectivity index (χ2n) is 6.35. The van der Waals surface area contributed by atoms with Gasteiger partial charge < -0.3 is 16.0 Å². The van der Waals surface area contributed by atoms with E-state index in [-0.39, 0.29) is 17.9 Å². The molecule has 0 aliphatic carbocycles. The quantitative estimate of drug-likeness (QED) is 0.843. The Balaban J connectivity index is 2.14. The molecule has 0 radical (unpaired) electrons. The van der Waals surface area contributed by atoms with Crippen molar-refractivity contribution in [2.45, 2.75) is 52.1 Å². The minimum atomic E-state index is -0.580. The lowest BCUT2D eigenvalue weighted by Gasteiger charge is -2.29. The third-order valence-corrected chi connectivity index (χ3v) is 5.12. The highest BCUT2D eigenvalue weighted by molar-refractivity contribution is 6.02. The topological polar surface area (TPSA) is 75.4 Å². The van der Waals surface area contributed by atoms with Gasteiger partial charge in [-0.15, -0.1) is 0 Å². The predicted octanol–water partition coefficient (Wildman–Crippen LogP) is 2.06. The Kier molecular flexibility index (Phi) is 5.42. The normalized spacial score (nSPS) is 21.6. The van der Waals surface area contributed by atoms with Crippen molar-refractivity contribution in [3.8, 4) is 0 Å². The summed E-state index contributed by atoms with van der Waals surface area (Å²) in [5.41, 5.74) is 6.12. The Morgan fingerprint density at radius 1 is 1.30 bits per heavy atom. The third-order valence-electron chi connectivity index (χ3n) is 5.12. The van der Waals surface area contributed by atoms with E-state index in [4.69, 9.17) is 5.73 Å². The number of amides is 2. The first kappa shape index (κ1) is 17.5. The van der Waals surface area contributed by atoms with E-state index < -0.39 is 11.5 Å². The Bertz CT molecular complexity index is 546. The van der Waals surface area contributed by atoms with Gasteiger partial charge >= 0.3 is 0 Å². The van der Waals surface area contributed by atoms with Gasteiger partial charge in [0.15, 0.2) is 0 Å². The van der Waals surface area contributed by atoms with E-state index in [1.807, 2.05) is 51.1 Å². The van der Waals surface area contributed by atoms with Crippen LogP contribution in [0.2, 0.25) is 0 Å². The highest BCUT2D eigenvalue weighted by Gasteiger charge is 2.42. The van der Waals surface area contributed by atoms with Crippen LogP contribution in [-0.4, -0.2) is 30.4 Å². The number of nitrogens with two attached hydrogens (primary N) is 1. The average Bonchev–Trinajstić information content (AvgIpc) is 2.84. The molecule has 0 bridgehead atoms. The van der Waals surface area contributed by atoms with Crippen LogP contribution in [0.15, 0.2) is 30.3 Å². The van der Waals surface area contributed by atoms with Gasteiger partial charge in [-0.2, -0.15) is 0 Å². The van der Waals surface area contributed by atoms with Gasteiger partial charge in [0.05, 0.1) is 5.41 Å². The Labute approximate surface area is 138 Å². The van der Waals surface area contributed by atoms with Crippen LogP contribution in [0.25, 0.3) is 0 Å². The first-order valence-corrected chi connectivity index (χ1v) is 8.38. The average molecular weight is 317 g/mol. The van der Waals surface area contributed by atoms with Crippen molar-refractivity contribution in [2.75, 3.05) is 11.4 Å². The molecule has 3 N–H and O–H groups in total. The fraction of sp³-hybridized carbons (Fsp3) is 0.556. The molecule has 1 saturated heterocycles. The number of hydrogen-bond donors (Lipinski definition) is 2. The lowest BCUT2D eigenvalue weighted by molar-refractivity contribution is -0.134. The molecular weight excluding hydrogens is 290 g/mol. The minimum absolute atomic E-state index is 0.0461. The smallest absolute Gasteiger partial charge is 0.249 e. The van der Waals surface area contributed by atoms with Gasteiger partial charge in [0.2, 0.25) is 11.8 Å². The van der Waals surface area contributed by atoms with Crippen molar-refractivity contribution in [3.05, 3.63) is 30.3 Å². The van der Waals surface area contributed by atoms with E-state index in [0.29, 0.717) is 25.8 Å². The molecule has 1 aliphatic heterocycles. The zero-order valence-corrected chi connectivity index (χ0v) is 14.2. The summed E-state index contributed by atoms with van der Waals surface area (Å²) < 4.78 is 0. The molecule has 126 valence electrons. The molecule has 2 rings (SSSR count). The van der Waals surface area contributed by atoms with E-state index in [2.05, 4.69) is 5.32 Å². The molecule has 2 amide bonds. The number of carbonyl (C=O) groups excluding carboxylic acids is 2. The summed E-state index contributed by atoms with van der Waals surface area (Å²) in [6.07, 6.45) is 1.96. The number of anilines is 1. The second kappa shape index (κ2) is 7.13. The standard InChI is InChI=1S/C18H27N3O2/c1-4-18(5-2,12-19)17(23)20-15-11-13(3)21(16(15)22)14-9-7-6-8-10-14/h6-10,13,15H,4-5,11-12,19H2,1-3H3,(H,20,23). The van der Waals surface area contributed by atoms with Crippen LogP contribution in [0.5, 0.6) is 0 Å². The van der Waals surface area contributed by atoms with Crippen molar-refractivity contribution < 1.29 is 9.59 Å². The van der Waals surface area contributed by atoms with Gasteiger partial charge in [0, 0.05) is 18.3 Å². The van der Waals surface area contributed by atoms with Crippen LogP contribution in [0, 0.1) is 5.41 Å². The van der Waals surface area contributed by atoms with E-state index >= 15 is 0 Å². The van der Waals surface area contributed by atoms with Crippen molar-refractivity contribution >= 4 is 17.5 Å². The Morgan fingerprint density at radius 3 is 2.43 bits per heavy atom. The van der Waals surface area contributed by atoms with Gasteiger partial charge in [-0.1, -0.05) is 32.0 Å². The van der Waals surface area contributed by atoms with Crippen molar-refractivity contribution in [1.82, 2.24) is 5.32 Å². The third kappa shape index (κ3) is 3.24. The van der Waals surface area contributed by atoms with Crippen LogP contribution >= 0.6 is 0 Å². The Hall–Kier alpha value is -1.88. The summed E-state index contributed by atoms with van der Waals surface area (Å²) in [6.45, 7) is 6.23. The van der Waals surface area contributed by atoms with Gasteiger partial charge in [0.1, 0.15) is 6.04 Å². The molecule has 1 fully saturated rings. The largest absolute Gasteiger partial charge is 0.344 e. The number of carbonyl (C=O) groups is 2. The van der Waals surface area contributed by atoms with Gasteiger partial charge in [0.25, 0.3) is 0 Å². The van der Waals surface area contributed by atoms with Crippen LogP contribution in [0.3, 0.4) is 0 Å². The van der Waals surface area contributed by atoms with Gasteiger partial charge in [-0.25, -0.2) is 0 Å². The number of benzene rings is 1. The maximum absolute atomic E-state index is 12.7. The predicted molar refractivity (Wildman–Crippen MR) is 92.0 cm³/mol. The van der Waals surface area contributed by atoms with Crippen LogP contribution in [0.4, 0.5) is 5.69 Å². The summed E-state index contributed by atoms with van der Waals surface area (Å²) in [4.78, 5) is 27.1. The first-order valence-electron chi connectivity index (χ1n) is 8.38. The van der Waals surface area contributed by atoms with Crippen LogP contribution in [-0.2, 0) is 9.59 Å². The van der Waals surface area contributed by atoms with E-state index in [0.717, 1.165) is 5.69 Å². The lowest BCUT2D eigenvalue weighted by atomic mass is 9.81. The van der Waals surface area contributed by atoms with Crippen molar-refractivity contribution in [3.63, 3.8) is 0 Å². The van der Waals surface area contributed by atoms with E-state index in [1.54, 1.807) is 4.90 Å². The molecule has 1 aromatic carbocycles. The molecule has 2 unspecified atom stereocenters. The molecule has 1 aliphatic rings. The maximum atomic E-state index is 12.7. The maximum Gasteiger partial charge on any atom is 0.249 e. The molecule has 5 heteroatoms. The molecular formula is C18H27N3O2. The highest BCUT2D eigenvalue weighted by atomic mass is 16.2. The minimum Gasteiger partial charge on any atom is -0.344 e. The van der Waals surface area contributed by atoms with E-state index in [1.165, 1.54) is 0 Å². The summed E-state index contributed by atoms with van der Waals surface area (Å²) in [6, 6.07) is 9.17. The first-order chi connectivity index (χ1) is 11.0. The zero-order chi connectivity index (χ0) is 17.0. The van der Waals surface area contributed by atoms with Gasteiger partial charge in [-0.05, 0) is 38.3 Å². The van der Waals surface area contributed by atoms with Crippen LogP contribution in [0.1, 0.15) is 40.0 Å². The fourth-order valence-electron chi connectivity index (χ4n) is 3.29. The summed E-state index contributed by atoms with van der Waals surface area (Å²) >= 11 is 0. The highest BCUT2D eigenvalue weighted by Crippen LogP contribution is 2.29. The van der Waals surface area contributed by atoms with Crippen LogP contribution < -0.4 is 16.0 Å². The second-order valence-corrected chi connectivity index (χ2v) is 6.35. The number of nitrogens with zero attached hydrogens (tertiary/aromatic N) is 1. The Morgan fingerprint density at radius 2 is 1.91 bits per heavy atom. The molecule has 1 heterocycles. The molecule has 0 aromatic heterocycles. The summed E-state index contributed by atoms with van der Waals surface area (Å²) in [5, 5.41) is 2.94. The summed E-state index contributed by atoms with van der Waals surface area (Å²) in [7, 11) is 0. The number of para-hydroxylation sites is 1. The molecule has 5 nitrogen and oxygen atoms in total. The zero-order valence-electron chi connectivity index (χ0n) is 14.2.